The first-order valence-electron chi connectivity index (χ1n) is 5.85. The third kappa shape index (κ3) is 2.84. The van der Waals surface area contributed by atoms with E-state index in [4.69, 9.17) is 5.73 Å². The first-order valence-corrected chi connectivity index (χ1v) is 8.23. The van der Waals surface area contributed by atoms with Gasteiger partial charge in [0.2, 0.25) is 10.0 Å². The van der Waals surface area contributed by atoms with E-state index in [1.807, 2.05) is 16.8 Å². The average Bonchev–Trinajstić information content (AvgIpc) is 2.88. The quantitative estimate of drug-likeness (QED) is 0.882. The van der Waals surface area contributed by atoms with Crippen molar-refractivity contribution >= 4 is 27.0 Å². The summed E-state index contributed by atoms with van der Waals surface area (Å²) in [5.41, 5.74) is 6.91. The number of nitrogens with two attached hydrogens (primary N) is 1. The second-order valence-corrected chi connectivity index (χ2v) is 7.34. The van der Waals surface area contributed by atoms with E-state index in [2.05, 4.69) is 0 Å². The van der Waals surface area contributed by atoms with Crippen LogP contribution in [0.15, 0.2) is 33.9 Å². The van der Waals surface area contributed by atoms with E-state index in [0.717, 1.165) is 11.6 Å². The molecule has 0 aliphatic carbocycles. The van der Waals surface area contributed by atoms with Gasteiger partial charge in [-0.1, -0.05) is 0 Å². The lowest BCUT2D eigenvalue weighted by Gasteiger charge is -2.17. The Bertz CT molecular complexity index is 689. The van der Waals surface area contributed by atoms with Gasteiger partial charge in [-0.15, -0.1) is 0 Å². The second-order valence-electron chi connectivity index (χ2n) is 4.51. The number of benzene rings is 1. The maximum atomic E-state index is 13.6. The van der Waals surface area contributed by atoms with E-state index in [1.54, 1.807) is 0 Å². The van der Waals surface area contributed by atoms with Gasteiger partial charge in [-0.2, -0.15) is 15.6 Å². The fourth-order valence-corrected chi connectivity index (χ4v) is 3.59. The van der Waals surface area contributed by atoms with Crippen LogP contribution in [0, 0.1) is 12.7 Å². The van der Waals surface area contributed by atoms with E-state index in [-0.39, 0.29) is 22.7 Å². The molecule has 2 aromatic rings. The van der Waals surface area contributed by atoms with E-state index in [9.17, 15) is 12.8 Å². The molecule has 0 saturated carbocycles. The molecular formula is C13H15FN2O2S2. The molecule has 0 spiro atoms. The van der Waals surface area contributed by atoms with Crippen LogP contribution in [0.4, 0.5) is 10.1 Å². The second kappa shape index (κ2) is 5.51. The van der Waals surface area contributed by atoms with Gasteiger partial charge in [0.25, 0.3) is 0 Å². The lowest BCUT2D eigenvalue weighted by atomic mass is 10.2. The van der Waals surface area contributed by atoms with E-state index < -0.39 is 15.8 Å². The van der Waals surface area contributed by atoms with Crippen molar-refractivity contribution in [1.82, 2.24) is 4.31 Å². The molecule has 4 nitrogen and oxygen atoms in total. The summed E-state index contributed by atoms with van der Waals surface area (Å²) in [6.45, 7) is 1.75. The zero-order valence-electron chi connectivity index (χ0n) is 11.1. The fourth-order valence-electron chi connectivity index (χ4n) is 1.73. The molecule has 0 amide bonds. The Kier molecular flexibility index (Phi) is 4.12. The largest absolute Gasteiger partial charge is 0.398 e. The van der Waals surface area contributed by atoms with Crippen LogP contribution < -0.4 is 5.73 Å². The lowest BCUT2D eigenvalue weighted by Crippen LogP contribution is -2.26. The van der Waals surface area contributed by atoms with Crippen LogP contribution in [-0.4, -0.2) is 19.8 Å². The third-order valence-corrected chi connectivity index (χ3v) is 5.56. The van der Waals surface area contributed by atoms with Crippen LogP contribution >= 0.6 is 11.3 Å². The van der Waals surface area contributed by atoms with E-state index in [0.29, 0.717) is 0 Å². The highest BCUT2D eigenvalue weighted by Crippen LogP contribution is 2.24. The Morgan fingerprint density at radius 1 is 1.40 bits per heavy atom. The van der Waals surface area contributed by atoms with Crippen molar-refractivity contribution in [3.8, 4) is 0 Å². The first kappa shape index (κ1) is 15.0. The van der Waals surface area contributed by atoms with Crippen LogP contribution in [0.25, 0.3) is 0 Å². The van der Waals surface area contributed by atoms with Gasteiger partial charge in [0, 0.05) is 24.8 Å². The number of nitrogen functional groups attached to an aromatic ring is 1. The van der Waals surface area contributed by atoms with Crippen LogP contribution in [0.5, 0.6) is 0 Å². The molecule has 0 aliphatic heterocycles. The highest BCUT2D eigenvalue weighted by molar-refractivity contribution is 7.89. The molecule has 0 fully saturated rings. The van der Waals surface area contributed by atoms with Crippen molar-refractivity contribution in [3.63, 3.8) is 0 Å². The third-order valence-electron chi connectivity index (χ3n) is 3.05. The molecule has 2 N–H and O–H groups in total. The van der Waals surface area contributed by atoms with Gasteiger partial charge in [0.1, 0.15) is 5.82 Å². The van der Waals surface area contributed by atoms with Crippen molar-refractivity contribution in [2.24, 2.45) is 0 Å². The maximum Gasteiger partial charge on any atom is 0.243 e. The van der Waals surface area contributed by atoms with Gasteiger partial charge in [0.15, 0.2) is 0 Å². The molecule has 108 valence electrons. The predicted molar refractivity (Wildman–Crippen MR) is 78.5 cm³/mol. The zero-order valence-corrected chi connectivity index (χ0v) is 12.8. The summed E-state index contributed by atoms with van der Waals surface area (Å²) in [5.74, 6) is -0.618. The Morgan fingerprint density at radius 3 is 2.65 bits per heavy atom. The number of anilines is 1. The number of halogens is 1. The molecule has 0 aliphatic rings. The number of hydrogen-bond acceptors (Lipinski definition) is 4. The van der Waals surface area contributed by atoms with Crippen LogP contribution in [0.2, 0.25) is 0 Å². The van der Waals surface area contributed by atoms with Gasteiger partial charge in [0.05, 0.1) is 4.90 Å². The highest BCUT2D eigenvalue weighted by atomic mass is 32.2. The monoisotopic (exact) mass is 314 g/mol. The molecule has 1 heterocycles. The summed E-state index contributed by atoms with van der Waals surface area (Å²) in [6, 6.07) is 4.14. The van der Waals surface area contributed by atoms with Crippen LogP contribution in [0.3, 0.4) is 0 Å². The van der Waals surface area contributed by atoms with Gasteiger partial charge < -0.3 is 5.73 Å². The first-order chi connectivity index (χ1) is 9.32. The molecule has 1 aromatic carbocycles. The van der Waals surface area contributed by atoms with Gasteiger partial charge >= 0.3 is 0 Å². The topological polar surface area (TPSA) is 63.4 Å². The molecule has 0 atom stereocenters. The molecule has 0 bridgehead atoms. The summed E-state index contributed by atoms with van der Waals surface area (Å²) >= 11 is 1.49. The summed E-state index contributed by atoms with van der Waals surface area (Å²) in [6.07, 6.45) is 0. The summed E-state index contributed by atoms with van der Waals surface area (Å²) in [7, 11) is -2.30. The minimum absolute atomic E-state index is 0.129. The normalized spacial score (nSPS) is 12.0. The Morgan fingerprint density at radius 2 is 2.10 bits per heavy atom. The number of nitrogens with zero attached hydrogens (tertiary/aromatic N) is 1. The zero-order chi connectivity index (χ0) is 14.9. The van der Waals surface area contributed by atoms with Gasteiger partial charge in [-0.05, 0) is 41.4 Å². The Labute approximate surface area is 121 Å². The Hall–Kier alpha value is -1.44. The van der Waals surface area contributed by atoms with Crippen molar-refractivity contribution in [2.75, 3.05) is 12.8 Å². The smallest absolute Gasteiger partial charge is 0.243 e. The van der Waals surface area contributed by atoms with Crippen LogP contribution in [-0.2, 0) is 16.6 Å². The van der Waals surface area contributed by atoms with Crippen molar-refractivity contribution in [2.45, 2.75) is 18.4 Å². The molecule has 20 heavy (non-hydrogen) atoms. The minimum atomic E-state index is -3.76. The van der Waals surface area contributed by atoms with Crippen molar-refractivity contribution < 1.29 is 12.8 Å². The molecular weight excluding hydrogens is 299 g/mol. The molecule has 0 saturated heterocycles. The lowest BCUT2D eigenvalue weighted by molar-refractivity contribution is 0.466. The number of thiophene rings is 1. The minimum Gasteiger partial charge on any atom is -0.398 e. The molecule has 0 radical (unpaired) electrons. The van der Waals surface area contributed by atoms with E-state index >= 15 is 0 Å². The van der Waals surface area contributed by atoms with Crippen molar-refractivity contribution in [3.05, 3.63) is 45.9 Å². The summed E-state index contributed by atoms with van der Waals surface area (Å²) < 4.78 is 39.6. The average molecular weight is 314 g/mol. The van der Waals surface area contributed by atoms with Gasteiger partial charge in [-0.25, -0.2) is 12.8 Å². The van der Waals surface area contributed by atoms with Crippen LogP contribution in [0.1, 0.15) is 11.1 Å². The highest BCUT2D eigenvalue weighted by Gasteiger charge is 2.23. The summed E-state index contributed by atoms with van der Waals surface area (Å²) in [4.78, 5) is -0.129. The Balaban J connectivity index is 2.35. The molecule has 7 heteroatoms. The molecule has 0 unspecified atom stereocenters. The fraction of sp³-hybridized carbons (Fsp3) is 0.231. The van der Waals surface area contributed by atoms with Crippen molar-refractivity contribution in [1.29, 1.82) is 0 Å². The standard InChI is InChI=1S/C13H15FN2O2S2/c1-9-12(14)5-11(6-13(9)15)20(17,18)16(2)7-10-3-4-19-8-10/h3-6,8H,7,15H2,1-2H3. The maximum absolute atomic E-state index is 13.6. The summed E-state index contributed by atoms with van der Waals surface area (Å²) in [5, 5.41) is 3.75. The number of sulfonamides is 1. The predicted octanol–water partition coefficient (Wildman–Crippen LogP) is 2.60. The van der Waals surface area contributed by atoms with Gasteiger partial charge in [-0.3, -0.25) is 0 Å². The van der Waals surface area contributed by atoms with E-state index in [1.165, 1.54) is 35.7 Å². The number of hydrogen-bond donors (Lipinski definition) is 1. The molecule has 1 aromatic heterocycles. The SMILES string of the molecule is Cc1c(N)cc(S(=O)(=O)N(C)Cc2ccsc2)cc1F. The number of rotatable bonds is 4. The molecule has 2 rings (SSSR count).